The molecule has 0 saturated carbocycles. The summed E-state index contributed by atoms with van der Waals surface area (Å²) >= 11 is 6.10. The van der Waals surface area contributed by atoms with Crippen LogP contribution in [0.5, 0.6) is 0 Å². The number of morpholine rings is 1. The molecule has 1 aromatic carbocycles. The first-order valence-electron chi connectivity index (χ1n) is 7.67. The number of hydrogen-bond acceptors (Lipinski definition) is 5. The Balaban J connectivity index is 2.21. The molecule has 0 bridgehead atoms. The second-order valence-corrected chi connectivity index (χ2v) is 5.82. The van der Waals surface area contributed by atoms with Gasteiger partial charge in [0.25, 0.3) is 0 Å². The van der Waals surface area contributed by atoms with Crippen molar-refractivity contribution in [2.45, 2.75) is 33.0 Å². The third-order valence-electron chi connectivity index (χ3n) is 3.33. The number of hydrogen-bond donors (Lipinski definition) is 1. The van der Waals surface area contributed by atoms with E-state index in [1.54, 1.807) is 19.1 Å². The van der Waals surface area contributed by atoms with Crippen molar-refractivity contribution in [1.29, 1.82) is 0 Å². The number of carbonyl (C=O) groups excluding carboxylic acids is 1. The summed E-state index contributed by atoms with van der Waals surface area (Å²) in [6.07, 6.45) is 0.0254. The first kappa shape index (κ1) is 17.6. The fourth-order valence-corrected chi connectivity index (χ4v) is 2.63. The summed E-state index contributed by atoms with van der Waals surface area (Å²) in [4.78, 5) is 14.1. The van der Waals surface area contributed by atoms with Crippen LogP contribution in [0.15, 0.2) is 29.4 Å². The second kappa shape index (κ2) is 8.17. The smallest absolute Gasteiger partial charge is 0.375 e. The number of esters is 1. The predicted octanol–water partition coefficient (Wildman–Crippen LogP) is 2.74. The second-order valence-electron chi connectivity index (χ2n) is 5.41. The molecule has 2 atom stereocenters. The summed E-state index contributed by atoms with van der Waals surface area (Å²) < 4.78 is 10.8. The number of halogens is 1. The maximum Gasteiger partial charge on any atom is 0.375 e. The van der Waals surface area contributed by atoms with Crippen LogP contribution in [0.25, 0.3) is 0 Å². The van der Waals surface area contributed by atoms with Gasteiger partial charge in [-0.1, -0.05) is 23.7 Å². The van der Waals surface area contributed by atoms with Crippen LogP contribution in [-0.2, 0) is 14.3 Å². The van der Waals surface area contributed by atoms with Gasteiger partial charge < -0.3 is 14.4 Å². The fraction of sp³-hybridized carbons (Fsp3) is 0.500. The lowest BCUT2D eigenvalue weighted by Gasteiger charge is -2.36. The van der Waals surface area contributed by atoms with Crippen LogP contribution in [0.3, 0.4) is 0 Å². The molecular formula is C16H22ClN3O3. The van der Waals surface area contributed by atoms with Gasteiger partial charge in [-0.3, -0.25) is 5.43 Å². The lowest BCUT2D eigenvalue weighted by molar-refractivity contribution is -0.136. The van der Waals surface area contributed by atoms with Gasteiger partial charge in [0.05, 0.1) is 29.5 Å². The molecule has 2 rings (SSSR count). The number of nitrogens with one attached hydrogen (secondary N) is 1. The Labute approximate surface area is 141 Å². The highest BCUT2D eigenvalue weighted by Gasteiger charge is 2.29. The van der Waals surface area contributed by atoms with E-state index in [4.69, 9.17) is 21.1 Å². The Bertz CT molecular complexity index is 569. The summed E-state index contributed by atoms with van der Waals surface area (Å²) in [5, 5.41) is 4.77. The summed E-state index contributed by atoms with van der Waals surface area (Å²) in [7, 11) is 0. The molecule has 0 spiro atoms. The molecule has 126 valence electrons. The minimum absolute atomic E-state index is 0.0127. The molecule has 7 heteroatoms. The highest BCUT2D eigenvalue weighted by Crippen LogP contribution is 2.20. The zero-order chi connectivity index (χ0) is 16.8. The molecule has 1 aliphatic heterocycles. The van der Waals surface area contributed by atoms with Crippen molar-refractivity contribution < 1.29 is 14.3 Å². The first-order valence-corrected chi connectivity index (χ1v) is 8.04. The van der Waals surface area contributed by atoms with E-state index in [0.717, 1.165) is 0 Å². The van der Waals surface area contributed by atoms with E-state index in [1.165, 1.54) is 0 Å². The minimum Gasteiger partial charge on any atom is -0.460 e. The molecule has 1 aliphatic rings. The van der Waals surface area contributed by atoms with Crippen molar-refractivity contribution in [3.05, 3.63) is 29.3 Å². The van der Waals surface area contributed by atoms with E-state index >= 15 is 0 Å². The van der Waals surface area contributed by atoms with Gasteiger partial charge in [0.15, 0.2) is 0 Å². The van der Waals surface area contributed by atoms with Gasteiger partial charge in [0, 0.05) is 13.1 Å². The van der Waals surface area contributed by atoms with E-state index in [0.29, 0.717) is 30.4 Å². The van der Waals surface area contributed by atoms with E-state index in [2.05, 4.69) is 10.5 Å². The highest BCUT2D eigenvalue weighted by atomic mass is 35.5. The Kier molecular flexibility index (Phi) is 6.24. The van der Waals surface area contributed by atoms with Gasteiger partial charge in [0.2, 0.25) is 5.84 Å². The standard InChI is InChI=1S/C16H22ClN3O3/c1-4-22-16(21)15(20-9-11(2)23-12(3)10-20)19-18-14-8-6-5-7-13(14)17/h5-8,11-12,18H,4,9-10H2,1-3H3/b19-15+/t11-,12-/m1/s1. The minimum atomic E-state index is -0.464. The van der Waals surface area contributed by atoms with Crippen LogP contribution < -0.4 is 5.43 Å². The molecule has 1 saturated heterocycles. The average molecular weight is 340 g/mol. The van der Waals surface area contributed by atoms with Gasteiger partial charge in [-0.25, -0.2) is 4.79 Å². The van der Waals surface area contributed by atoms with E-state index in [9.17, 15) is 4.79 Å². The van der Waals surface area contributed by atoms with E-state index in [-0.39, 0.29) is 18.0 Å². The van der Waals surface area contributed by atoms with Crippen molar-refractivity contribution in [2.75, 3.05) is 25.1 Å². The molecule has 0 aromatic heterocycles. The van der Waals surface area contributed by atoms with E-state index < -0.39 is 5.97 Å². The van der Waals surface area contributed by atoms with Crippen LogP contribution in [0.1, 0.15) is 20.8 Å². The van der Waals surface area contributed by atoms with Crippen molar-refractivity contribution in [1.82, 2.24) is 4.90 Å². The largest absolute Gasteiger partial charge is 0.460 e. The van der Waals surface area contributed by atoms with Crippen LogP contribution in [0, 0.1) is 0 Å². The SMILES string of the molecule is CCOC(=O)/C(=N\Nc1ccccc1Cl)N1C[C@@H](C)O[C@H](C)C1. The number of amidine groups is 1. The predicted molar refractivity (Wildman–Crippen MR) is 90.7 cm³/mol. The molecule has 0 radical (unpaired) electrons. The third-order valence-corrected chi connectivity index (χ3v) is 3.66. The first-order chi connectivity index (χ1) is 11.0. The molecule has 1 fully saturated rings. The number of para-hydroxylation sites is 1. The number of rotatable bonds is 3. The Morgan fingerprint density at radius 2 is 2.04 bits per heavy atom. The number of hydrazone groups is 1. The lowest BCUT2D eigenvalue weighted by atomic mass is 10.2. The van der Waals surface area contributed by atoms with Gasteiger partial charge in [-0.15, -0.1) is 5.10 Å². The summed E-state index contributed by atoms with van der Waals surface area (Å²) in [6, 6.07) is 7.21. The summed E-state index contributed by atoms with van der Waals surface area (Å²) in [5.74, 6) is -0.234. The maximum atomic E-state index is 12.3. The summed E-state index contributed by atoms with van der Waals surface area (Å²) in [6.45, 7) is 7.14. The van der Waals surface area contributed by atoms with Gasteiger partial charge >= 0.3 is 5.97 Å². The normalized spacial score (nSPS) is 21.9. The molecule has 0 amide bonds. The number of nitrogens with zero attached hydrogens (tertiary/aromatic N) is 2. The highest BCUT2D eigenvalue weighted by molar-refractivity contribution is 6.35. The number of ether oxygens (including phenoxy) is 2. The van der Waals surface area contributed by atoms with Crippen molar-refractivity contribution in [2.24, 2.45) is 5.10 Å². The fourth-order valence-electron chi connectivity index (χ4n) is 2.46. The van der Waals surface area contributed by atoms with Crippen LogP contribution in [0.2, 0.25) is 5.02 Å². The monoisotopic (exact) mass is 339 g/mol. The molecule has 1 aromatic rings. The molecule has 1 heterocycles. The topological polar surface area (TPSA) is 63.2 Å². The maximum absolute atomic E-state index is 12.3. The number of carbonyl (C=O) groups is 1. The molecule has 6 nitrogen and oxygen atoms in total. The summed E-state index contributed by atoms with van der Waals surface area (Å²) in [5.41, 5.74) is 3.48. The van der Waals surface area contributed by atoms with Crippen molar-refractivity contribution >= 4 is 29.1 Å². The molecule has 23 heavy (non-hydrogen) atoms. The van der Waals surface area contributed by atoms with Gasteiger partial charge in [0.1, 0.15) is 0 Å². The van der Waals surface area contributed by atoms with Crippen LogP contribution in [0.4, 0.5) is 5.69 Å². The number of benzene rings is 1. The Morgan fingerprint density at radius 3 is 2.65 bits per heavy atom. The zero-order valence-corrected chi connectivity index (χ0v) is 14.3. The molecule has 0 unspecified atom stereocenters. The molecule has 0 aliphatic carbocycles. The lowest BCUT2D eigenvalue weighted by Crippen LogP contribution is -2.51. The van der Waals surface area contributed by atoms with Gasteiger partial charge in [-0.05, 0) is 32.9 Å². The quantitative estimate of drug-likeness (QED) is 0.397. The average Bonchev–Trinajstić information content (AvgIpc) is 2.48. The van der Waals surface area contributed by atoms with Gasteiger partial charge in [-0.2, -0.15) is 0 Å². The zero-order valence-electron chi connectivity index (χ0n) is 13.6. The number of anilines is 1. The third kappa shape index (κ3) is 4.84. The molecular weight excluding hydrogens is 318 g/mol. The van der Waals surface area contributed by atoms with Crippen LogP contribution in [-0.4, -0.2) is 48.6 Å². The Morgan fingerprint density at radius 1 is 1.39 bits per heavy atom. The van der Waals surface area contributed by atoms with Crippen molar-refractivity contribution in [3.63, 3.8) is 0 Å². The van der Waals surface area contributed by atoms with Crippen molar-refractivity contribution in [3.8, 4) is 0 Å². The van der Waals surface area contributed by atoms with E-state index in [1.807, 2.05) is 30.9 Å². The van der Waals surface area contributed by atoms with Crippen LogP contribution >= 0.6 is 11.6 Å². The Hall–Kier alpha value is -1.79. The molecule has 1 N–H and O–H groups in total.